The van der Waals surface area contributed by atoms with E-state index in [2.05, 4.69) is 23.0 Å². The molecule has 9 heavy (non-hydrogen) atoms. The van der Waals surface area contributed by atoms with Crippen molar-refractivity contribution in [3.05, 3.63) is 0 Å². The molecule has 0 saturated carbocycles. The van der Waals surface area contributed by atoms with Crippen molar-refractivity contribution in [2.75, 3.05) is 6.54 Å². The van der Waals surface area contributed by atoms with Gasteiger partial charge in [-0.25, -0.2) is 5.84 Å². The van der Waals surface area contributed by atoms with Crippen molar-refractivity contribution in [1.82, 2.24) is 10.7 Å². The lowest BCUT2D eigenvalue weighted by Gasteiger charge is -2.01. The number of carbonyl (C=O) groups is 1. The summed E-state index contributed by atoms with van der Waals surface area (Å²) in [7, 11) is 0. The van der Waals surface area contributed by atoms with E-state index in [0.717, 1.165) is 0 Å². The molecule has 0 heterocycles. The predicted octanol–water partition coefficient (Wildman–Crippen LogP) is -1.59. The van der Waals surface area contributed by atoms with E-state index in [1.54, 1.807) is 0 Å². The molecule has 0 spiro atoms. The summed E-state index contributed by atoms with van der Waals surface area (Å²) in [5, 5.41) is 10.5. The maximum atomic E-state index is 9.83. The van der Waals surface area contributed by atoms with Crippen molar-refractivity contribution >= 4 is 23.3 Å². The molecule has 0 aromatic heterocycles. The quantitative estimate of drug-likeness (QED) is 0.215. The summed E-state index contributed by atoms with van der Waals surface area (Å²) in [6.45, 7) is -0.219. The second-order valence-corrected chi connectivity index (χ2v) is 1.63. The minimum absolute atomic E-state index is 0.123. The Bertz CT molecular complexity index is 126. The van der Waals surface area contributed by atoms with Crippen LogP contribution in [0.1, 0.15) is 0 Å². The van der Waals surface area contributed by atoms with Crippen LogP contribution in [0.2, 0.25) is 0 Å². The fourth-order valence-corrected chi connectivity index (χ4v) is 0.279. The van der Waals surface area contributed by atoms with Gasteiger partial charge < -0.3 is 15.8 Å². The van der Waals surface area contributed by atoms with Crippen molar-refractivity contribution in [1.29, 1.82) is 0 Å². The molecule has 0 aliphatic carbocycles. The van der Waals surface area contributed by atoms with Crippen LogP contribution in [0.15, 0.2) is 0 Å². The first-order valence-electron chi connectivity index (χ1n) is 2.13. The molecule has 0 radical (unpaired) electrons. The first-order valence-corrected chi connectivity index (χ1v) is 2.54. The normalized spacial score (nSPS) is 8.11. The number of hydrogen-bond acceptors (Lipinski definition) is 3. The zero-order valence-corrected chi connectivity index (χ0v) is 5.36. The number of hydrazine groups is 1. The number of hydrogen-bond donors (Lipinski definition) is 4. The Balaban J connectivity index is 3.28. The average Bonchev–Trinajstić information content (AvgIpc) is 1.83. The van der Waals surface area contributed by atoms with Crippen molar-refractivity contribution in [2.24, 2.45) is 5.84 Å². The van der Waals surface area contributed by atoms with E-state index in [-0.39, 0.29) is 11.7 Å². The zero-order valence-electron chi connectivity index (χ0n) is 4.55. The van der Waals surface area contributed by atoms with Gasteiger partial charge in [-0.15, -0.1) is 0 Å². The van der Waals surface area contributed by atoms with E-state index in [1.165, 1.54) is 0 Å². The Morgan fingerprint density at radius 1 is 1.78 bits per heavy atom. The number of carboxylic acid groups (broad SMARTS) is 1. The minimum Gasteiger partial charge on any atom is -0.480 e. The smallest absolute Gasteiger partial charge is 0.322 e. The summed E-state index contributed by atoms with van der Waals surface area (Å²) >= 11 is 4.46. The van der Waals surface area contributed by atoms with Crippen molar-refractivity contribution in [3.63, 3.8) is 0 Å². The molecule has 0 aliphatic rings. The van der Waals surface area contributed by atoms with E-state index < -0.39 is 5.97 Å². The largest absolute Gasteiger partial charge is 0.480 e. The van der Waals surface area contributed by atoms with E-state index in [0.29, 0.717) is 0 Å². The third-order valence-electron chi connectivity index (χ3n) is 0.531. The Hall–Kier alpha value is -0.880. The third kappa shape index (κ3) is 4.98. The van der Waals surface area contributed by atoms with Crippen molar-refractivity contribution < 1.29 is 9.90 Å². The molecule has 0 amide bonds. The maximum absolute atomic E-state index is 9.83. The van der Waals surface area contributed by atoms with Gasteiger partial charge in [0.1, 0.15) is 6.54 Å². The maximum Gasteiger partial charge on any atom is 0.322 e. The van der Waals surface area contributed by atoms with Gasteiger partial charge in [-0.05, 0) is 12.2 Å². The van der Waals surface area contributed by atoms with Crippen LogP contribution in [0.25, 0.3) is 0 Å². The Labute approximate surface area is 57.2 Å². The Morgan fingerprint density at radius 3 is 2.67 bits per heavy atom. The van der Waals surface area contributed by atoms with E-state index in [1.807, 2.05) is 0 Å². The van der Waals surface area contributed by atoms with Crippen LogP contribution in [0, 0.1) is 0 Å². The standard InChI is InChI=1S/C3H7N3O2S/c4-6-3(9)5-1-2(7)8/h1,4H2,(H,7,8)(H2,5,6,9). The molecule has 0 fully saturated rings. The molecule has 6 heteroatoms. The molecule has 0 aromatic carbocycles. The molecule has 0 saturated heterocycles. The van der Waals surface area contributed by atoms with Crippen LogP contribution < -0.4 is 16.6 Å². The summed E-state index contributed by atoms with van der Waals surface area (Å²) in [5.74, 6) is 3.83. The summed E-state index contributed by atoms with van der Waals surface area (Å²) in [6, 6.07) is 0. The topological polar surface area (TPSA) is 87.4 Å². The van der Waals surface area contributed by atoms with Crippen LogP contribution in [0.3, 0.4) is 0 Å². The molecule has 52 valence electrons. The minimum atomic E-state index is -0.979. The summed E-state index contributed by atoms with van der Waals surface area (Å²) in [4.78, 5) is 9.83. The van der Waals surface area contributed by atoms with Crippen LogP contribution in [0.4, 0.5) is 0 Å². The molecule has 0 aromatic rings. The van der Waals surface area contributed by atoms with Gasteiger partial charge in [0.05, 0.1) is 0 Å². The lowest BCUT2D eigenvalue weighted by Crippen LogP contribution is -2.41. The predicted molar refractivity (Wildman–Crippen MR) is 35.6 cm³/mol. The second-order valence-electron chi connectivity index (χ2n) is 1.22. The van der Waals surface area contributed by atoms with Gasteiger partial charge in [0.15, 0.2) is 5.11 Å². The summed E-state index contributed by atoms with van der Waals surface area (Å²) in [5.41, 5.74) is 2.08. The van der Waals surface area contributed by atoms with Gasteiger partial charge in [0.2, 0.25) is 0 Å². The number of nitrogens with two attached hydrogens (primary N) is 1. The lowest BCUT2D eigenvalue weighted by molar-refractivity contribution is -0.135. The molecule has 5 nitrogen and oxygen atoms in total. The van der Waals surface area contributed by atoms with E-state index in [4.69, 9.17) is 10.9 Å². The molecule has 0 unspecified atom stereocenters. The van der Waals surface area contributed by atoms with Crippen LogP contribution in [0.5, 0.6) is 0 Å². The molecule has 5 N–H and O–H groups in total. The zero-order chi connectivity index (χ0) is 7.28. The fraction of sp³-hybridized carbons (Fsp3) is 0.333. The average molecular weight is 149 g/mol. The first-order chi connectivity index (χ1) is 4.16. The van der Waals surface area contributed by atoms with E-state index >= 15 is 0 Å². The van der Waals surface area contributed by atoms with E-state index in [9.17, 15) is 4.79 Å². The second kappa shape index (κ2) is 4.04. The van der Waals surface area contributed by atoms with Crippen LogP contribution >= 0.6 is 12.2 Å². The number of carboxylic acids is 1. The van der Waals surface area contributed by atoms with Gasteiger partial charge in [0.25, 0.3) is 0 Å². The highest BCUT2D eigenvalue weighted by Gasteiger charge is 1.95. The highest BCUT2D eigenvalue weighted by atomic mass is 32.1. The highest BCUT2D eigenvalue weighted by Crippen LogP contribution is 1.61. The van der Waals surface area contributed by atoms with Crippen molar-refractivity contribution in [3.8, 4) is 0 Å². The molecule has 0 bridgehead atoms. The Kier molecular flexibility index (Phi) is 3.65. The molecular weight excluding hydrogens is 142 g/mol. The Morgan fingerprint density at radius 2 is 2.33 bits per heavy atom. The SMILES string of the molecule is NNC(=S)NCC(=O)O. The molecule has 0 rings (SSSR count). The van der Waals surface area contributed by atoms with Gasteiger partial charge in [-0.2, -0.15) is 0 Å². The fourth-order valence-electron chi connectivity index (χ4n) is 0.207. The number of rotatable bonds is 2. The van der Waals surface area contributed by atoms with Gasteiger partial charge in [-0.1, -0.05) is 0 Å². The van der Waals surface area contributed by atoms with Gasteiger partial charge in [-0.3, -0.25) is 4.79 Å². The van der Waals surface area contributed by atoms with Crippen LogP contribution in [-0.2, 0) is 4.79 Å². The molecule has 0 aliphatic heterocycles. The van der Waals surface area contributed by atoms with Crippen LogP contribution in [-0.4, -0.2) is 22.7 Å². The summed E-state index contributed by atoms with van der Waals surface area (Å²) < 4.78 is 0. The molecule has 0 atom stereocenters. The molecular formula is C3H7N3O2S. The monoisotopic (exact) mass is 149 g/mol. The first kappa shape index (κ1) is 8.12. The lowest BCUT2D eigenvalue weighted by atomic mass is 10.7. The summed E-state index contributed by atoms with van der Waals surface area (Å²) in [6.07, 6.45) is 0. The number of thiocarbonyl (C=S) groups is 1. The van der Waals surface area contributed by atoms with Gasteiger partial charge >= 0.3 is 5.97 Å². The van der Waals surface area contributed by atoms with Gasteiger partial charge in [0, 0.05) is 0 Å². The number of aliphatic carboxylic acids is 1. The third-order valence-corrected chi connectivity index (χ3v) is 0.793. The highest BCUT2D eigenvalue weighted by molar-refractivity contribution is 7.80. The van der Waals surface area contributed by atoms with Crippen molar-refractivity contribution in [2.45, 2.75) is 0 Å². The number of nitrogens with one attached hydrogen (secondary N) is 2.